The largest absolute Gasteiger partial charge is 0.391 e. The van der Waals surface area contributed by atoms with Crippen molar-refractivity contribution in [3.05, 3.63) is 71.9 Å². The first-order valence-corrected chi connectivity index (χ1v) is 18.7. The average Bonchev–Trinajstić information content (AvgIpc) is 3.56. The monoisotopic (exact) mass is 768 g/mol. The molecule has 0 aliphatic carbocycles. The number of para-hydroxylation sites is 1. The summed E-state index contributed by atoms with van der Waals surface area (Å²) in [6.45, 7) is 1.62. The fourth-order valence-corrected chi connectivity index (χ4v) is 6.46. The number of amides is 6. The first kappa shape index (κ1) is 41.2. The standard InChI is InChI=1S/C36H48N8O7S2/c1-20(45)30-36(51)43-29(19-53)35(50)42-28(18-52)34(49)40-26(15-21-9-3-2-4-10-21)32(47)41-27(16-22-17-38-24-12-6-5-11-23(22)24)33(48)39-25(31(46)44-30)13-7-8-14-37/h2-6,9-12,17,20,25-30,38,45,52-53H,7-8,13-16,18-19,37H2,1H3,(H,39,48)(H,40,49)(H,41,47)(H,42,50)(H,43,51)(H,44,46)/t20-,25+,26+,27-,28+,29+,30+/m1/s1. The quantitative estimate of drug-likeness (QED) is 0.0875. The van der Waals surface area contributed by atoms with Gasteiger partial charge in [-0.3, -0.25) is 28.8 Å². The van der Waals surface area contributed by atoms with Crippen molar-refractivity contribution >= 4 is 71.6 Å². The maximum atomic E-state index is 14.2. The lowest BCUT2D eigenvalue weighted by Gasteiger charge is -2.29. The van der Waals surface area contributed by atoms with Gasteiger partial charge in [-0.1, -0.05) is 48.5 Å². The Morgan fingerprint density at radius 3 is 1.75 bits per heavy atom. The molecule has 0 saturated carbocycles. The molecule has 286 valence electrons. The summed E-state index contributed by atoms with van der Waals surface area (Å²) in [5.74, 6) is -4.94. The number of carbonyl (C=O) groups is 6. The summed E-state index contributed by atoms with van der Waals surface area (Å²) in [7, 11) is 0. The van der Waals surface area contributed by atoms with Crippen LogP contribution in [0.25, 0.3) is 10.9 Å². The molecule has 3 aromatic rings. The van der Waals surface area contributed by atoms with E-state index in [1.165, 1.54) is 6.92 Å². The predicted octanol–water partition coefficient (Wildman–Crippen LogP) is -0.755. The number of fused-ring (bicyclic) bond motifs is 1. The van der Waals surface area contributed by atoms with E-state index in [1.54, 1.807) is 36.5 Å². The number of aliphatic hydroxyl groups excluding tert-OH is 1. The van der Waals surface area contributed by atoms with Crippen LogP contribution in [0.3, 0.4) is 0 Å². The second-order valence-corrected chi connectivity index (χ2v) is 13.7. The molecule has 1 aliphatic rings. The van der Waals surface area contributed by atoms with Gasteiger partial charge in [-0.05, 0) is 49.9 Å². The van der Waals surface area contributed by atoms with Gasteiger partial charge < -0.3 is 47.7 Å². The number of hydrogen-bond donors (Lipinski definition) is 11. The molecule has 53 heavy (non-hydrogen) atoms. The van der Waals surface area contributed by atoms with E-state index < -0.39 is 77.8 Å². The Bertz CT molecular complexity index is 1740. The van der Waals surface area contributed by atoms with Crippen molar-refractivity contribution in [3.8, 4) is 0 Å². The summed E-state index contributed by atoms with van der Waals surface area (Å²) < 4.78 is 0. The second-order valence-electron chi connectivity index (χ2n) is 12.9. The van der Waals surface area contributed by atoms with Gasteiger partial charge in [0.05, 0.1) is 6.10 Å². The van der Waals surface area contributed by atoms with E-state index in [2.05, 4.69) is 62.1 Å². The van der Waals surface area contributed by atoms with Crippen molar-refractivity contribution in [2.45, 2.75) is 81.4 Å². The Hall–Kier alpha value is -4.58. The molecule has 15 nitrogen and oxygen atoms in total. The Kier molecular flexibility index (Phi) is 15.6. The molecule has 1 saturated heterocycles. The van der Waals surface area contributed by atoms with E-state index in [4.69, 9.17) is 5.73 Å². The molecule has 4 rings (SSSR count). The van der Waals surface area contributed by atoms with Crippen molar-refractivity contribution in [3.63, 3.8) is 0 Å². The normalized spacial score (nSPS) is 24.5. The lowest BCUT2D eigenvalue weighted by atomic mass is 10.0. The van der Waals surface area contributed by atoms with Crippen LogP contribution in [-0.4, -0.2) is 106 Å². The van der Waals surface area contributed by atoms with Gasteiger partial charge in [-0.2, -0.15) is 25.3 Å². The molecule has 6 amide bonds. The van der Waals surface area contributed by atoms with Crippen LogP contribution in [0.2, 0.25) is 0 Å². The van der Waals surface area contributed by atoms with Crippen LogP contribution < -0.4 is 37.6 Å². The fraction of sp³-hybridized carbons (Fsp3) is 0.444. The molecule has 0 bridgehead atoms. The van der Waals surface area contributed by atoms with Gasteiger partial charge in [0.1, 0.15) is 36.3 Å². The molecule has 0 radical (unpaired) electrons. The van der Waals surface area contributed by atoms with Crippen LogP contribution in [0.5, 0.6) is 0 Å². The summed E-state index contributed by atoms with van der Waals surface area (Å²) >= 11 is 8.44. The molecule has 0 spiro atoms. The number of rotatable bonds is 11. The second kappa shape index (κ2) is 20.0. The van der Waals surface area contributed by atoms with Gasteiger partial charge in [0.25, 0.3) is 0 Å². The maximum Gasteiger partial charge on any atom is 0.245 e. The van der Waals surface area contributed by atoms with Gasteiger partial charge in [0.2, 0.25) is 35.4 Å². The van der Waals surface area contributed by atoms with E-state index in [0.717, 1.165) is 10.9 Å². The molecule has 2 heterocycles. The highest BCUT2D eigenvalue weighted by Gasteiger charge is 2.36. The van der Waals surface area contributed by atoms with Crippen LogP contribution in [-0.2, 0) is 41.6 Å². The van der Waals surface area contributed by atoms with E-state index in [9.17, 15) is 33.9 Å². The first-order valence-electron chi connectivity index (χ1n) is 17.5. The Morgan fingerprint density at radius 1 is 0.642 bits per heavy atom. The molecule has 0 unspecified atom stereocenters. The summed E-state index contributed by atoms with van der Waals surface area (Å²) in [6.07, 6.45) is 1.43. The fourth-order valence-electron chi connectivity index (χ4n) is 5.95. The number of aliphatic hydroxyl groups is 1. The minimum Gasteiger partial charge on any atom is -0.391 e. The number of hydrogen-bond acceptors (Lipinski definition) is 10. The SMILES string of the molecule is C[C@@H](O)[C@@H]1NC(=O)[C@H](CCCCN)NC(=O)[C@@H](Cc2c[nH]c3ccccc23)NC(=O)[C@H](Cc2ccccc2)NC(=O)[C@H](CS)NC(=O)[C@H](CS)NC1=O. The van der Waals surface area contributed by atoms with Crippen molar-refractivity contribution in [2.24, 2.45) is 5.73 Å². The lowest BCUT2D eigenvalue weighted by molar-refractivity contribution is -0.137. The number of carbonyl (C=O) groups excluding carboxylic acids is 6. The number of benzene rings is 2. The summed E-state index contributed by atoms with van der Waals surface area (Å²) in [6, 6.07) is 8.65. The Morgan fingerprint density at radius 2 is 1.15 bits per heavy atom. The van der Waals surface area contributed by atoms with Crippen LogP contribution in [0.15, 0.2) is 60.8 Å². The van der Waals surface area contributed by atoms with Gasteiger partial charge in [-0.25, -0.2) is 0 Å². The Balaban J connectivity index is 1.77. The predicted molar refractivity (Wildman–Crippen MR) is 206 cm³/mol. The molecule has 17 heteroatoms. The van der Waals surface area contributed by atoms with Crippen molar-refractivity contribution in [1.29, 1.82) is 0 Å². The molecule has 1 aliphatic heterocycles. The highest BCUT2D eigenvalue weighted by Crippen LogP contribution is 2.20. The molecular formula is C36H48N8O7S2. The van der Waals surface area contributed by atoms with E-state index in [-0.39, 0.29) is 30.8 Å². The minimum atomic E-state index is -1.53. The van der Waals surface area contributed by atoms with Crippen molar-refractivity contribution in [1.82, 2.24) is 36.9 Å². The highest BCUT2D eigenvalue weighted by atomic mass is 32.1. The van der Waals surface area contributed by atoms with E-state index >= 15 is 0 Å². The van der Waals surface area contributed by atoms with Crippen molar-refractivity contribution < 1.29 is 33.9 Å². The Labute approximate surface area is 318 Å². The zero-order chi connectivity index (χ0) is 38.5. The van der Waals surface area contributed by atoms with Crippen LogP contribution in [0, 0.1) is 0 Å². The van der Waals surface area contributed by atoms with Gasteiger partial charge >= 0.3 is 0 Å². The third-order valence-corrected chi connectivity index (χ3v) is 9.65. The van der Waals surface area contributed by atoms with E-state index in [0.29, 0.717) is 30.5 Å². The third kappa shape index (κ3) is 11.5. The topological polar surface area (TPSA) is 237 Å². The smallest absolute Gasteiger partial charge is 0.245 e. The van der Waals surface area contributed by atoms with Crippen molar-refractivity contribution in [2.75, 3.05) is 18.1 Å². The average molecular weight is 769 g/mol. The van der Waals surface area contributed by atoms with E-state index in [1.807, 2.05) is 24.3 Å². The molecule has 2 aromatic carbocycles. The number of aromatic nitrogens is 1. The number of thiol groups is 2. The van der Waals surface area contributed by atoms with Gasteiger partial charge in [0.15, 0.2) is 0 Å². The summed E-state index contributed by atoms with van der Waals surface area (Å²) in [5, 5.41) is 27.1. The molecular weight excluding hydrogens is 721 g/mol. The third-order valence-electron chi connectivity index (χ3n) is 8.92. The molecule has 1 aromatic heterocycles. The zero-order valence-electron chi connectivity index (χ0n) is 29.3. The first-order chi connectivity index (χ1) is 25.4. The zero-order valence-corrected chi connectivity index (χ0v) is 31.1. The summed E-state index contributed by atoms with van der Waals surface area (Å²) in [5.41, 5.74) is 7.93. The maximum absolute atomic E-state index is 14.2. The molecule has 7 atom stereocenters. The van der Waals surface area contributed by atoms with Crippen LogP contribution in [0.4, 0.5) is 0 Å². The number of nitrogens with one attached hydrogen (secondary N) is 7. The number of nitrogens with two attached hydrogens (primary N) is 1. The van der Waals surface area contributed by atoms with Crippen LogP contribution >= 0.6 is 25.3 Å². The highest BCUT2D eigenvalue weighted by molar-refractivity contribution is 7.80. The van der Waals surface area contributed by atoms with Gasteiger partial charge in [0, 0.05) is 41.4 Å². The van der Waals surface area contributed by atoms with Crippen LogP contribution in [0.1, 0.15) is 37.3 Å². The molecule has 10 N–H and O–H groups in total. The number of aromatic amines is 1. The number of unbranched alkanes of at least 4 members (excludes halogenated alkanes) is 1. The molecule has 1 fully saturated rings. The summed E-state index contributed by atoms with van der Waals surface area (Å²) in [4.78, 5) is 85.7. The lowest BCUT2D eigenvalue weighted by Crippen LogP contribution is -2.63. The number of H-pyrrole nitrogens is 1. The van der Waals surface area contributed by atoms with Gasteiger partial charge in [-0.15, -0.1) is 0 Å². The minimum absolute atomic E-state index is 0.00384.